The van der Waals surface area contributed by atoms with Crippen LogP contribution in [0.15, 0.2) is 24.3 Å². The molecule has 0 bridgehead atoms. The fourth-order valence-electron chi connectivity index (χ4n) is 2.48. The van der Waals surface area contributed by atoms with E-state index in [0.717, 1.165) is 12.8 Å². The first kappa shape index (κ1) is 9.72. The zero-order valence-electron chi connectivity index (χ0n) is 8.74. The van der Waals surface area contributed by atoms with Crippen molar-refractivity contribution in [2.75, 3.05) is 0 Å². The predicted molar refractivity (Wildman–Crippen MR) is 58.4 cm³/mol. The molecule has 1 aliphatic carbocycles. The van der Waals surface area contributed by atoms with E-state index in [1.54, 1.807) is 0 Å². The van der Waals surface area contributed by atoms with Crippen molar-refractivity contribution in [3.63, 3.8) is 0 Å². The summed E-state index contributed by atoms with van der Waals surface area (Å²) in [6.07, 6.45) is 4.44. The molecule has 2 atom stereocenters. The zero-order chi connectivity index (χ0) is 9.97. The maximum Gasteiger partial charge on any atom is 0.0608 e. The third-order valence-corrected chi connectivity index (χ3v) is 3.32. The second kappa shape index (κ2) is 4.14. The summed E-state index contributed by atoms with van der Waals surface area (Å²) in [5, 5.41) is 9.95. The van der Waals surface area contributed by atoms with Crippen molar-refractivity contribution >= 4 is 0 Å². The molecule has 0 heterocycles. The Hall–Kier alpha value is -0.820. The van der Waals surface area contributed by atoms with Crippen molar-refractivity contribution in [3.05, 3.63) is 35.4 Å². The second-order valence-electron chi connectivity index (χ2n) is 4.31. The van der Waals surface area contributed by atoms with Gasteiger partial charge in [-0.25, -0.2) is 0 Å². The molecule has 1 aromatic carbocycles. The van der Waals surface area contributed by atoms with Crippen molar-refractivity contribution in [2.45, 2.75) is 44.6 Å². The van der Waals surface area contributed by atoms with Crippen LogP contribution < -0.4 is 0 Å². The Morgan fingerprint density at radius 1 is 1.14 bits per heavy atom. The molecule has 1 aromatic rings. The van der Waals surface area contributed by atoms with E-state index in [1.807, 2.05) is 0 Å². The van der Waals surface area contributed by atoms with Crippen LogP contribution in [-0.4, -0.2) is 11.2 Å². The van der Waals surface area contributed by atoms with Crippen LogP contribution in [0.4, 0.5) is 0 Å². The maximum absolute atomic E-state index is 9.95. The molecule has 1 fully saturated rings. The molecule has 0 radical (unpaired) electrons. The molecule has 1 N–H and O–H groups in total. The Morgan fingerprint density at radius 3 is 2.57 bits per heavy atom. The van der Waals surface area contributed by atoms with E-state index in [2.05, 4.69) is 31.2 Å². The van der Waals surface area contributed by atoms with Crippen molar-refractivity contribution in [1.29, 1.82) is 0 Å². The summed E-state index contributed by atoms with van der Waals surface area (Å²) in [6, 6.07) is 8.43. The van der Waals surface area contributed by atoms with E-state index < -0.39 is 0 Å². The average Bonchev–Trinajstić information content (AvgIpc) is 2.20. The van der Waals surface area contributed by atoms with Crippen molar-refractivity contribution in [2.24, 2.45) is 0 Å². The Morgan fingerprint density at radius 2 is 1.86 bits per heavy atom. The van der Waals surface area contributed by atoms with Crippen molar-refractivity contribution in [1.82, 2.24) is 0 Å². The van der Waals surface area contributed by atoms with Gasteiger partial charge in [0, 0.05) is 5.92 Å². The second-order valence-corrected chi connectivity index (χ2v) is 4.31. The molecular formula is C13H18O. The summed E-state index contributed by atoms with van der Waals surface area (Å²) in [4.78, 5) is 0. The lowest BCUT2D eigenvalue weighted by Gasteiger charge is -2.29. The molecule has 0 spiro atoms. The molecular weight excluding hydrogens is 172 g/mol. The normalized spacial score (nSPS) is 27.6. The minimum absolute atomic E-state index is 0.121. The zero-order valence-corrected chi connectivity index (χ0v) is 8.74. The van der Waals surface area contributed by atoms with Gasteiger partial charge in [0.1, 0.15) is 0 Å². The fourth-order valence-corrected chi connectivity index (χ4v) is 2.48. The van der Waals surface area contributed by atoms with Crippen LogP contribution in [0.1, 0.15) is 42.7 Å². The Balaban J connectivity index is 2.25. The summed E-state index contributed by atoms with van der Waals surface area (Å²) >= 11 is 0. The van der Waals surface area contributed by atoms with Crippen LogP contribution in [0.5, 0.6) is 0 Å². The number of benzene rings is 1. The molecule has 1 nitrogen and oxygen atoms in total. The minimum Gasteiger partial charge on any atom is -0.392 e. The largest absolute Gasteiger partial charge is 0.392 e. The quantitative estimate of drug-likeness (QED) is 0.721. The number of rotatable bonds is 1. The lowest BCUT2D eigenvalue weighted by Crippen LogP contribution is -2.23. The number of aliphatic hydroxyl groups is 1. The smallest absolute Gasteiger partial charge is 0.0608 e. The van der Waals surface area contributed by atoms with Gasteiger partial charge >= 0.3 is 0 Å². The first-order chi connectivity index (χ1) is 6.79. The van der Waals surface area contributed by atoms with Gasteiger partial charge in [0.2, 0.25) is 0 Å². The number of hydrogen-bond donors (Lipinski definition) is 1. The number of aryl methyl sites for hydroxylation is 1. The van der Waals surface area contributed by atoms with Crippen LogP contribution in [0, 0.1) is 6.92 Å². The minimum atomic E-state index is -0.121. The van der Waals surface area contributed by atoms with Gasteiger partial charge in [-0.1, -0.05) is 37.1 Å². The van der Waals surface area contributed by atoms with Gasteiger partial charge in [0.25, 0.3) is 0 Å². The lowest BCUT2D eigenvalue weighted by atomic mass is 9.80. The number of aliphatic hydroxyl groups excluding tert-OH is 1. The molecule has 1 unspecified atom stereocenters. The summed E-state index contributed by atoms with van der Waals surface area (Å²) < 4.78 is 0. The van der Waals surface area contributed by atoms with E-state index in [1.165, 1.54) is 24.0 Å². The van der Waals surface area contributed by atoms with Crippen molar-refractivity contribution < 1.29 is 5.11 Å². The Kier molecular flexibility index (Phi) is 2.87. The van der Waals surface area contributed by atoms with E-state index in [-0.39, 0.29) is 6.10 Å². The highest BCUT2D eigenvalue weighted by atomic mass is 16.3. The highest BCUT2D eigenvalue weighted by Gasteiger charge is 2.25. The van der Waals surface area contributed by atoms with Gasteiger partial charge in [0.05, 0.1) is 6.10 Å². The van der Waals surface area contributed by atoms with Gasteiger partial charge in [-0.15, -0.1) is 0 Å². The third kappa shape index (κ3) is 1.83. The Bertz CT molecular complexity index is 306. The first-order valence-electron chi connectivity index (χ1n) is 5.52. The molecule has 0 saturated heterocycles. The highest BCUT2D eigenvalue weighted by molar-refractivity contribution is 5.30. The third-order valence-electron chi connectivity index (χ3n) is 3.32. The van der Waals surface area contributed by atoms with Crippen LogP contribution in [0.2, 0.25) is 0 Å². The van der Waals surface area contributed by atoms with Gasteiger partial charge < -0.3 is 5.11 Å². The van der Waals surface area contributed by atoms with Crippen molar-refractivity contribution in [3.8, 4) is 0 Å². The van der Waals surface area contributed by atoms with E-state index in [4.69, 9.17) is 0 Å². The van der Waals surface area contributed by atoms with Crippen LogP contribution in [0.3, 0.4) is 0 Å². The van der Waals surface area contributed by atoms with Gasteiger partial charge in [0.15, 0.2) is 0 Å². The molecule has 0 amide bonds. The molecule has 1 heteroatoms. The van der Waals surface area contributed by atoms with E-state index in [9.17, 15) is 5.11 Å². The molecule has 2 rings (SSSR count). The predicted octanol–water partition coefficient (Wildman–Crippen LogP) is 3.01. The summed E-state index contributed by atoms with van der Waals surface area (Å²) in [5.41, 5.74) is 2.66. The molecule has 1 saturated carbocycles. The van der Waals surface area contributed by atoms with E-state index in [0.29, 0.717) is 5.92 Å². The molecule has 76 valence electrons. The van der Waals surface area contributed by atoms with Crippen LogP contribution >= 0.6 is 0 Å². The molecule has 0 aromatic heterocycles. The first-order valence-corrected chi connectivity index (χ1v) is 5.52. The number of hydrogen-bond acceptors (Lipinski definition) is 1. The van der Waals surface area contributed by atoms with Crippen LogP contribution in [-0.2, 0) is 0 Å². The SMILES string of the molecule is Cc1ccccc1C1CCCC[C@@H]1O. The van der Waals surface area contributed by atoms with Gasteiger partial charge in [-0.3, -0.25) is 0 Å². The monoisotopic (exact) mass is 190 g/mol. The standard InChI is InChI=1S/C13H18O/c1-10-6-2-3-7-11(10)12-8-4-5-9-13(12)14/h2-3,6-7,12-14H,4-5,8-9H2,1H3/t12?,13-/m0/s1. The lowest BCUT2D eigenvalue weighted by molar-refractivity contribution is 0.106. The summed E-state index contributed by atoms with van der Waals surface area (Å²) in [5.74, 6) is 0.380. The van der Waals surface area contributed by atoms with Crippen LogP contribution in [0.25, 0.3) is 0 Å². The molecule has 0 aliphatic heterocycles. The molecule has 1 aliphatic rings. The fraction of sp³-hybridized carbons (Fsp3) is 0.538. The topological polar surface area (TPSA) is 20.2 Å². The van der Waals surface area contributed by atoms with E-state index >= 15 is 0 Å². The maximum atomic E-state index is 9.95. The van der Waals surface area contributed by atoms with Gasteiger partial charge in [-0.2, -0.15) is 0 Å². The molecule has 14 heavy (non-hydrogen) atoms. The summed E-state index contributed by atoms with van der Waals surface area (Å²) in [7, 11) is 0. The summed E-state index contributed by atoms with van der Waals surface area (Å²) in [6.45, 7) is 2.14. The Labute approximate surface area is 85.8 Å². The average molecular weight is 190 g/mol. The van der Waals surface area contributed by atoms with Gasteiger partial charge in [-0.05, 0) is 30.9 Å². The highest BCUT2D eigenvalue weighted by Crippen LogP contribution is 2.34.